The molecular weight excluding hydrogens is 432 g/mol. The molecule has 1 aliphatic rings. The minimum Gasteiger partial charge on any atom is -0.341 e. The summed E-state index contributed by atoms with van der Waals surface area (Å²) in [4.78, 5) is 16.6. The average Bonchev–Trinajstić information content (AvgIpc) is 3.65. The van der Waals surface area contributed by atoms with Crippen molar-refractivity contribution in [3.63, 3.8) is 0 Å². The molecule has 2 unspecified atom stereocenters. The van der Waals surface area contributed by atoms with E-state index in [4.69, 9.17) is 9.97 Å². The van der Waals surface area contributed by atoms with Gasteiger partial charge < -0.3 is 20.6 Å². The largest absolute Gasteiger partial charge is 0.341 e. The summed E-state index contributed by atoms with van der Waals surface area (Å²) in [5, 5.41) is 7.03. The highest BCUT2D eigenvalue weighted by Gasteiger charge is 2.19. The number of nitrogens with one attached hydrogen (secondary N) is 4. The van der Waals surface area contributed by atoms with Crippen molar-refractivity contribution < 1.29 is 0 Å². The third kappa shape index (κ3) is 4.35. The van der Waals surface area contributed by atoms with Gasteiger partial charge in [0.05, 0.1) is 34.2 Å². The molecule has 6 rings (SSSR count). The van der Waals surface area contributed by atoms with Gasteiger partial charge in [-0.2, -0.15) is 0 Å². The molecule has 4 N–H and O–H groups in total. The Bertz CT molecular complexity index is 1460. The van der Waals surface area contributed by atoms with E-state index in [1.54, 1.807) is 0 Å². The van der Waals surface area contributed by atoms with Gasteiger partial charge in [0, 0.05) is 0 Å². The van der Waals surface area contributed by atoms with Crippen molar-refractivity contribution in [3.05, 3.63) is 72.3 Å². The van der Waals surface area contributed by atoms with E-state index in [-0.39, 0.29) is 6.04 Å². The lowest BCUT2D eigenvalue weighted by Crippen LogP contribution is -2.20. The number of fused-ring (bicyclic) bond motifs is 2. The maximum absolute atomic E-state index is 4.81. The van der Waals surface area contributed by atoms with E-state index in [1.165, 1.54) is 28.7 Å². The molecule has 0 saturated carbocycles. The highest BCUT2D eigenvalue weighted by atomic mass is 15.0. The van der Waals surface area contributed by atoms with Gasteiger partial charge in [-0.3, -0.25) is 0 Å². The normalized spacial score (nSPS) is 16.9. The number of benzene rings is 3. The number of hydrogen-bond donors (Lipinski definition) is 4. The van der Waals surface area contributed by atoms with E-state index >= 15 is 0 Å². The smallest absolute Gasteiger partial charge is 0.124 e. The second kappa shape index (κ2) is 9.29. The Morgan fingerprint density at radius 3 is 2.11 bits per heavy atom. The van der Waals surface area contributed by atoms with E-state index in [2.05, 4.69) is 95.1 Å². The van der Waals surface area contributed by atoms with Gasteiger partial charge >= 0.3 is 0 Å². The molecule has 5 aromatic rings. The number of aromatic amines is 2. The number of imidazole rings is 2. The first-order chi connectivity index (χ1) is 17.2. The average molecular weight is 465 g/mol. The Morgan fingerprint density at radius 2 is 1.49 bits per heavy atom. The van der Waals surface area contributed by atoms with Gasteiger partial charge in [0.1, 0.15) is 11.6 Å². The number of aromatic nitrogens is 4. The Balaban J connectivity index is 1.24. The molecule has 1 aliphatic heterocycles. The third-order valence-corrected chi connectivity index (χ3v) is 7.05. The second-order valence-electron chi connectivity index (χ2n) is 9.61. The lowest BCUT2D eigenvalue weighted by atomic mass is 10.00. The van der Waals surface area contributed by atoms with Gasteiger partial charge in [-0.25, -0.2) is 9.97 Å². The van der Waals surface area contributed by atoms with Crippen LogP contribution in [0.5, 0.6) is 0 Å². The quantitative estimate of drug-likeness (QED) is 0.229. The van der Waals surface area contributed by atoms with E-state index in [0.29, 0.717) is 6.04 Å². The van der Waals surface area contributed by atoms with Crippen LogP contribution in [-0.2, 0) is 0 Å². The SMILES string of the molecule is CCCNC(C)c1nc2ccc(-c3ccc(-c4ccc5nc(C6CCCN6)[nH]c5c4)cc3)cc2[nH]1. The molecule has 0 spiro atoms. The minimum atomic E-state index is 0.211. The monoisotopic (exact) mass is 464 g/mol. The van der Waals surface area contributed by atoms with Crippen LogP contribution in [0.3, 0.4) is 0 Å². The van der Waals surface area contributed by atoms with E-state index in [0.717, 1.165) is 59.6 Å². The molecule has 2 atom stereocenters. The number of H-pyrrole nitrogens is 2. The van der Waals surface area contributed by atoms with Crippen molar-refractivity contribution in [1.29, 1.82) is 0 Å². The van der Waals surface area contributed by atoms with Crippen LogP contribution in [0.2, 0.25) is 0 Å². The van der Waals surface area contributed by atoms with Gasteiger partial charge in [-0.15, -0.1) is 0 Å². The first kappa shape index (κ1) is 22.0. The summed E-state index contributed by atoms with van der Waals surface area (Å²) in [5.41, 5.74) is 8.98. The summed E-state index contributed by atoms with van der Waals surface area (Å²) in [6.07, 6.45) is 3.47. The summed E-state index contributed by atoms with van der Waals surface area (Å²) in [7, 11) is 0. The molecule has 6 nitrogen and oxygen atoms in total. The van der Waals surface area contributed by atoms with Crippen LogP contribution in [0.1, 0.15) is 56.8 Å². The summed E-state index contributed by atoms with van der Waals surface area (Å²) in [5.74, 6) is 2.04. The van der Waals surface area contributed by atoms with Crippen LogP contribution < -0.4 is 10.6 Å². The highest BCUT2D eigenvalue weighted by Crippen LogP contribution is 2.30. The van der Waals surface area contributed by atoms with Crippen molar-refractivity contribution in [3.8, 4) is 22.3 Å². The van der Waals surface area contributed by atoms with E-state index in [1.807, 2.05) is 0 Å². The van der Waals surface area contributed by atoms with Crippen LogP contribution in [0.25, 0.3) is 44.3 Å². The van der Waals surface area contributed by atoms with Crippen molar-refractivity contribution in [2.45, 2.75) is 45.2 Å². The van der Waals surface area contributed by atoms with Gasteiger partial charge in [-0.1, -0.05) is 43.3 Å². The van der Waals surface area contributed by atoms with Crippen molar-refractivity contribution >= 4 is 22.1 Å². The summed E-state index contributed by atoms with van der Waals surface area (Å²) < 4.78 is 0. The number of hydrogen-bond acceptors (Lipinski definition) is 4. The summed E-state index contributed by atoms with van der Waals surface area (Å²) in [6, 6.07) is 22.3. The second-order valence-corrected chi connectivity index (χ2v) is 9.61. The van der Waals surface area contributed by atoms with E-state index in [9.17, 15) is 0 Å². The zero-order chi connectivity index (χ0) is 23.8. The molecule has 3 heterocycles. The van der Waals surface area contributed by atoms with Gasteiger partial charge in [0.2, 0.25) is 0 Å². The predicted molar refractivity (Wildman–Crippen MR) is 143 cm³/mol. The van der Waals surface area contributed by atoms with Crippen LogP contribution >= 0.6 is 0 Å². The van der Waals surface area contributed by atoms with Crippen molar-refractivity contribution in [2.24, 2.45) is 0 Å². The molecule has 1 fully saturated rings. The van der Waals surface area contributed by atoms with Crippen LogP contribution in [0, 0.1) is 0 Å². The Kier molecular flexibility index (Phi) is 5.84. The standard InChI is InChI=1S/C29H32N6/c1-3-14-30-18(2)28-32-23-12-10-21(16-26(23)34-28)19-6-8-20(9-7-19)22-11-13-24-27(17-22)35-29(33-24)25-5-4-15-31-25/h6-13,16-18,25,30-31H,3-5,14-15H2,1-2H3,(H,32,34)(H,33,35). The first-order valence-electron chi connectivity index (χ1n) is 12.7. The molecule has 6 heteroatoms. The van der Waals surface area contributed by atoms with Gasteiger partial charge in [-0.05, 0) is 85.8 Å². The lowest BCUT2D eigenvalue weighted by molar-refractivity contribution is 0.550. The van der Waals surface area contributed by atoms with E-state index < -0.39 is 0 Å². The number of nitrogens with zero attached hydrogens (tertiary/aromatic N) is 2. The topological polar surface area (TPSA) is 81.4 Å². The Morgan fingerprint density at radius 1 is 0.857 bits per heavy atom. The maximum atomic E-state index is 4.81. The predicted octanol–water partition coefficient (Wildman–Crippen LogP) is 6.26. The van der Waals surface area contributed by atoms with Crippen molar-refractivity contribution in [1.82, 2.24) is 30.6 Å². The fraction of sp³-hybridized carbons (Fsp3) is 0.310. The zero-order valence-electron chi connectivity index (χ0n) is 20.4. The fourth-order valence-corrected chi connectivity index (χ4v) is 5.02. The van der Waals surface area contributed by atoms with Crippen LogP contribution in [0.15, 0.2) is 60.7 Å². The molecule has 0 aliphatic carbocycles. The zero-order valence-corrected chi connectivity index (χ0v) is 20.4. The van der Waals surface area contributed by atoms with Gasteiger partial charge in [0.25, 0.3) is 0 Å². The molecule has 0 amide bonds. The maximum Gasteiger partial charge on any atom is 0.124 e. The first-order valence-corrected chi connectivity index (χ1v) is 12.7. The fourth-order valence-electron chi connectivity index (χ4n) is 5.02. The summed E-state index contributed by atoms with van der Waals surface area (Å²) >= 11 is 0. The molecule has 35 heavy (non-hydrogen) atoms. The van der Waals surface area contributed by atoms with Gasteiger partial charge in [0.15, 0.2) is 0 Å². The molecule has 1 saturated heterocycles. The van der Waals surface area contributed by atoms with Crippen LogP contribution in [-0.4, -0.2) is 33.0 Å². The molecule has 178 valence electrons. The minimum absolute atomic E-state index is 0.211. The third-order valence-electron chi connectivity index (χ3n) is 7.05. The lowest BCUT2D eigenvalue weighted by Gasteiger charge is -2.09. The molecular formula is C29H32N6. The van der Waals surface area contributed by atoms with Crippen molar-refractivity contribution in [2.75, 3.05) is 13.1 Å². The molecule has 2 aromatic heterocycles. The highest BCUT2D eigenvalue weighted by molar-refractivity contribution is 5.84. The van der Waals surface area contributed by atoms with Crippen LogP contribution in [0.4, 0.5) is 0 Å². The molecule has 0 bridgehead atoms. The number of rotatable bonds is 7. The Labute approximate surface area is 205 Å². The summed E-state index contributed by atoms with van der Waals surface area (Å²) in [6.45, 7) is 6.39. The molecule has 0 radical (unpaired) electrons. The molecule has 3 aromatic carbocycles. The Hall–Kier alpha value is -3.48.